The molecule has 0 saturated carbocycles. The van der Waals surface area contributed by atoms with Crippen LogP contribution in [0.25, 0.3) is 0 Å². The van der Waals surface area contributed by atoms with Crippen molar-refractivity contribution < 1.29 is 13.9 Å². The molecule has 1 heterocycles. The number of carbonyl (C=O) groups excluding carboxylic acids is 1. The fraction of sp³-hybridized carbons (Fsp3) is 0.250. The van der Waals surface area contributed by atoms with E-state index in [-0.39, 0.29) is 17.4 Å². The van der Waals surface area contributed by atoms with Crippen molar-refractivity contribution in [2.24, 2.45) is 0 Å². The lowest BCUT2D eigenvalue weighted by atomic mass is 10.0. The van der Waals surface area contributed by atoms with Gasteiger partial charge in [0.1, 0.15) is 11.6 Å². The predicted octanol–water partition coefficient (Wildman–Crippen LogP) is 2.76. The molecule has 1 N–H and O–H groups in total. The van der Waals surface area contributed by atoms with E-state index in [2.05, 4.69) is 10.3 Å². The van der Waals surface area contributed by atoms with Gasteiger partial charge in [-0.2, -0.15) is 0 Å². The first-order valence-electron chi connectivity index (χ1n) is 6.63. The highest BCUT2D eigenvalue weighted by atomic mass is 19.1. The second-order valence-electron chi connectivity index (χ2n) is 4.74. The lowest BCUT2D eigenvalue weighted by Gasteiger charge is -2.14. The van der Waals surface area contributed by atoms with E-state index in [0.29, 0.717) is 12.3 Å². The van der Waals surface area contributed by atoms with Crippen molar-refractivity contribution in [1.29, 1.82) is 0 Å². The third kappa shape index (κ3) is 3.78. The Morgan fingerprint density at radius 2 is 2.05 bits per heavy atom. The molecule has 0 bridgehead atoms. The van der Waals surface area contributed by atoms with Gasteiger partial charge in [-0.25, -0.2) is 4.39 Å². The zero-order valence-corrected chi connectivity index (χ0v) is 12.0. The van der Waals surface area contributed by atoms with Crippen LogP contribution in [0.4, 0.5) is 4.39 Å². The molecule has 1 amide bonds. The topological polar surface area (TPSA) is 51.2 Å². The zero-order valence-electron chi connectivity index (χ0n) is 12.0. The third-order valence-electron chi connectivity index (χ3n) is 3.25. The molecule has 2 rings (SSSR count). The molecule has 110 valence electrons. The van der Waals surface area contributed by atoms with E-state index in [0.717, 1.165) is 5.56 Å². The van der Waals surface area contributed by atoms with E-state index in [4.69, 9.17) is 4.74 Å². The van der Waals surface area contributed by atoms with Crippen LogP contribution in [-0.2, 0) is 0 Å². The molecule has 0 saturated heterocycles. The maximum absolute atomic E-state index is 13.3. The molecule has 1 aromatic heterocycles. The van der Waals surface area contributed by atoms with Crippen molar-refractivity contribution >= 4 is 5.91 Å². The number of rotatable bonds is 5. The number of hydrogen-bond acceptors (Lipinski definition) is 3. The largest absolute Gasteiger partial charge is 0.496 e. The van der Waals surface area contributed by atoms with E-state index in [1.165, 1.54) is 25.3 Å². The van der Waals surface area contributed by atoms with Crippen molar-refractivity contribution in [2.45, 2.75) is 12.8 Å². The normalized spacial score (nSPS) is 11.8. The van der Waals surface area contributed by atoms with Crippen molar-refractivity contribution in [3.05, 3.63) is 59.7 Å². The first kappa shape index (κ1) is 15.0. The van der Waals surface area contributed by atoms with E-state index in [9.17, 15) is 9.18 Å². The van der Waals surface area contributed by atoms with Gasteiger partial charge in [-0.05, 0) is 41.8 Å². The first-order chi connectivity index (χ1) is 10.1. The van der Waals surface area contributed by atoms with Crippen molar-refractivity contribution in [3.63, 3.8) is 0 Å². The molecule has 0 unspecified atom stereocenters. The Morgan fingerprint density at radius 3 is 2.71 bits per heavy atom. The number of methoxy groups -OCH3 is 1. The number of benzene rings is 1. The number of nitrogens with one attached hydrogen (secondary N) is 1. The summed E-state index contributed by atoms with van der Waals surface area (Å²) in [6.07, 6.45) is 3.42. The number of ether oxygens (including phenoxy) is 1. The smallest absolute Gasteiger partial charge is 0.255 e. The highest BCUT2D eigenvalue weighted by molar-refractivity contribution is 5.96. The quantitative estimate of drug-likeness (QED) is 0.920. The molecule has 5 heteroatoms. The number of pyridine rings is 1. The Balaban J connectivity index is 2.04. The van der Waals surface area contributed by atoms with Crippen molar-refractivity contribution in [1.82, 2.24) is 10.3 Å². The van der Waals surface area contributed by atoms with Crippen LogP contribution < -0.4 is 10.1 Å². The summed E-state index contributed by atoms with van der Waals surface area (Å²) >= 11 is 0. The van der Waals surface area contributed by atoms with Crippen LogP contribution in [0.1, 0.15) is 28.8 Å². The van der Waals surface area contributed by atoms with E-state index in [1.54, 1.807) is 12.4 Å². The lowest BCUT2D eigenvalue weighted by molar-refractivity contribution is 0.0948. The van der Waals surface area contributed by atoms with Crippen LogP contribution in [0.15, 0.2) is 42.7 Å². The predicted molar refractivity (Wildman–Crippen MR) is 77.9 cm³/mol. The molecule has 4 nitrogen and oxygen atoms in total. The molecule has 21 heavy (non-hydrogen) atoms. The first-order valence-corrected chi connectivity index (χ1v) is 6.63. The maximum atomic E-state index is 13.3. The minimum absolute atomic E-state index is 0.136. The van der Waals surface area contributed by atoms with Gasteiger partial charge in [-0.1, -0.05) is 6.92 Å². The van der Waals surface area contributed by atoms with E-state index < -0.39 is 5.82 Å². The summed E-state index contributed by atoms with van der Waals surface area (Å²) in [5, 5.41) is 2.79. The van der Waals surface area contributed by atoms with Crippen LogP contribution in [-0.4, -0.2) is 24.5 Å². The standard InChI is InChI=1S/C16H17FN2O2/c1-11(12-5-7-18-8-6-12)10-19-16(20)14-9-13(17)3-4-15(14)21-2/h3-9,11H,10H2,1-2H3,(H,19,20)/t11-/m0/s1. The Kier molecular flexibility index (Phi) is 4.87. The zero-order chi connectivity index (χ0) is 15.2. The third-order valence-corrected chi connectivity index (χ3v) is 3.25. The molecule has 0 aliphatic heterocycles. The Morgan fingerprint density at radius 1 is 1.33 bits per heavy atom. The molecule has 0 aliphatic carbocycles. The molecule has 1 atom stereocenters. The van der Waals surface area contributed by atoms with Crippen molar-refractivity contribution in [2.75, 3.05) is 13.7 Å². The summed E-state index contributed by atoms with van der Waals surface area (Å²) in [7, 11) is 1.45. The summed E-state index contributed by atoms with van der Waals surface area (Å²) in [6.45, 7) is 2.45. The summed E-state index contributed by atoms with van der Waals surface area (Å²) in [6, 6.07) is 7.68. The van der Waals surface area contributed by atoms with Gasteiger partial charge in [0.25, 0.3) is 5.91 Å². The van der Waals surface area contributed by atoms with E-state index in [1.807, 2.05) is 19.1 Å². The Bertz CT molecular complexity index is 617. The fourth-order valence-corrected chi connectivity index (χ4v) is 2.01. The van der Waals surface area contributed by atoms with Crippen LogP contribution in [0, 0.1) is 5.82 Å². The van der Waals surface area contributed by atoms with Gasteiger partial charge in [0.05, 0.1) is 12.7 Å². The van der Waals surface area contributed by atoms with Crippen molar-refractivity contribution in [3.8, 4) is 5.75 Å². The Hall–Kier alpha value is -2.43. The van der Waals surface area contributed by atoms with E-state index >= 15 is 0 Å². The number of aromatic nitrogens is 1. The monoisotopic (exact) mass is 288 g/mol. The number of carbonyl (C=O) groups is 1. The minimum Gasteiger partial charge on any atom is -0.496 e. The summed E-state index contributed by atoms with van der Waals surface area (Å²) < 4.78 is 18.3. The maximum Gasteiger partial charge on any atom is 0.255 e. The number of hydrogen-bond donors (Lipinski definition) is 1. The number of halogens is 1. The average molecular weight is 288 g/mol. The van der Waals surface area contributed by atoms with Gasteiger partial charge in [0.2, 0.25) is 0 Å². The molecule has 2 aromatic rings. The van der Waals surface area contributed by atoms with Crippen LogP contribution in [0.2, 0.25) is 0 Å². The number of nitrogens with zero attached hydrogens (tertiary/aromatic N) is 1. The SMILES string of the molecule is COc1ccc(F)cc1C(=O)NC[C@H](C)c1ccncc1. The number of amides is 1. The van der Waals surface area contributed by atoms with Gasteiger partial charge in [0.15, 0.2) is 0 Å². The summed E-state index contributed by atoms with van der Waals surface area (Å²) in [5.41, 5.74) is 1.27. The lowest BCUT2D eigenvalue weighted by Crippen LogP contribution is -2.28. The molecule has 0 aliphatic rings. The highest BCUT2D eigenvalue weighted by Gasteiger charge is 2.14. The summed E-state index contributed by atoms with van der Waals surface area (Å²) in [5.74, 6) is -0.336. The molecular formula is C16H17FN2O2. The van der Waals surface area contributed by atoms with Gasteiger partial charge < -0.3 is 10.1 Å². The van der Waals surface area contributed by atoms with Crippen LogP contribution >= 0.6 is 0 Å². The van der Waals surface area contributed by atoms with Crippen LogP contribution in [0.5, 0.6) is 5.75 Å². The van der Waals surface area contributed by atoms with Gasteiger partial charge in [-0.15, -0.1) is 0 Å². The van der Waals surface area contributed by atoms with Crippen LogP contribution in [0.3, 0.4) is 0 Å². The molecule has 1 aromatic carbocycles. The fourth-order valence-electron chi connectivity index (χ4n) is 2.01. The molecule has 0 radical (unpaired) electrons. The second kappa shape index (κ2) is 6.83. The molecule has 0 spiro atoms. The second-order valence-corrected chi connectivity index (χ2v) is 4.74. The molecule has 0 fully saturated rings. The minimum atomic E-state index is -0.469. The molecular weight excluding hydrogens is 271 g/mol. The summed E-state index contributed by atoms with van der Waals surface area (Å²) in [4.78, 5) is 16.1. The average Bonchev–Trinajstić information content (AvgIpc) is 2.53. The Labute approximate surface area is 123 Å². The van der Waals surface area contributed by atoms with Gasteiger partial charge >= 0.3 is 0 Å². The van der Waals surface area contributed by atoms with Gasteiger partial charge in [0, 0.05) is 18.9 Å². The highest BCUT2D eigenvalue weighted by Crippen LogP contribution is 2.19. The van der Waals surface area contributed by atoms with Gasteiger partial charge in [-0.3, -0.25) is 9.78 Å².